The van der Waals surface area contributed by atoms with Crippen molar-refractivity contribution in [3.63, 3.8) is 0 Å². The van der Waals surface area contributed by atoms with Crippen molar-refractivity contribution in [1.82, 2.24) is 0 Å². The van der Waals surface area contributed by atoms with Crippen LogP contribution in [0.1, 0.15) is 484 Å². The van der Waals surface area contributed by atoms with Gasteiger partial charge in [0.2, 0.25) is 0 Å². The van der Waals surface area contributed by atoms with Gasteiger partial charge in [-0.2, -0.15) is 0 Å². The van der Waals surface area contributed by atoms with Crippen molar-refractivity contribution in [3.05, 3.63) is 0 Å². The molecule has 3 N–H and O–H groups in total. The fourth-order valence-electron chi connectivity index (χ4n) is 14.0. The summed E-state index contributed by atoms with van der Waals surface area (Å²) in [6.07, 6.45) is 76.6. The fraction of sp³-hybridized carbons (Fsp3) is 0.955. The van der Waals surface area contributed by atoms with E-state index in [4.69, 9.17) is 37.0 Å². The van der Waals surface area contributed by atoms with Crippen LogP contribution in [0.5, 0.6) is 0 Å². The highest BCUT2D eigenvalue weighted by Crippen LogP contribution is 2.45. The number of phosphoric ester groups is 2. The average molecular weight is 1580 g/mol. The number of carbonyl (C=O) groups excluding carboxylic acids is 4. The van der Waals surface area contributed by atoms with Crippen molar-refractivity contribution in [2.75, 3.05) is 39.6 Å². The second kappa shape index (κ2) is 81.6. The Hall–Kier alpha value is -1.94. The molecule has 19 heteroatoms. The molecule has 0 spiro atoms. The van der Waals surface area contributed by atoms with Gasteiger partial charge in [0.15, 0.2) is 12.2 Å². The number of aliphatic hydroxyl groups is 1. The zero-order valence-corrected chi connectivity index (χ0v) is 72.8. The van der Waals surface area contributed by atoms with Crippen LogP contribution >= 0.6 is 15.6 Å². The van der Waals surface area contributed by atoms with Gasteiger partial charge in [0.25, 0.3) is 0 Å². The van der Waals surface area contributed by atoms with Crippen LogP contribution in [0.2, 0.25) is 0 Å². The molecule has 17 nitrogen and oxygen atoms in total. The minimum absolute atomic E-state index is 0.108. The van der Waals surface area contributed by atoms with Crippen LogP contribution in [0.3, 0.4) is 0 Å². The Morgan fingerprint density at radius 2 is 0.444 bits per heavy atom. The molecule has 642 valence electrons. The number of hydrogen-bond donors (Lipinski definition) is 3. The topological polar surface area (TPSA) is 237 Å². The standard InChI is InChI=1S/C89H174O17P2/c1-6-10-13-16-19-22-25-28-31-34-36-37-38-40-43-46-49-52-55-58-65-69-74-88(93)105-84(78-99-86(91)72-67-62-56-53-50-47-44-42-39-35-32-29-26-23-20-17-14-11-7-2)80-103-107(95,96)101-76-83(90)77-102-108(97,98)104-81-85(79-100-87(92)73-68-63-60-59-61-66-71-82(5)9-4)106-89(94)75-70-64-57-54-51-48-45-41-33-30-27-24-21-18-15-12-8-3/h82-85,90H,6-81H2,1-5H3,(H,95,96)(H,97,98)/t82?,83-,84-,85-/m1/s1. The summed E-state index contributed by atoms with van der Waals surface area (Å²) in [5, 5.41) is 10.7. The van der Waals surface area contributed by atoms with Crippen LogP contribution < -0.4 is 0 Å². The minimum Gasteiger partial charge on any atom is -0.462 e. The second-order valence-corrected chi connectivity index (χ2v) is 35.1. The molecule has 6 atom stereocenters. The lowest BCUT2D eigenvalue weighted by molar-refractivity contribution is -0.161. The fourth-order valence-corrected chi connectivity index (χ4v) is 15.5. The van der Waals surface area contributed by atoms with Gasteiger partial charge in [-0.25, -0.2) is 9.13 Å². The molecule has 0 aromatic heterocycles. The third kappa shape index (κ3) is 80.7. The first kappa shape index (κ1) is 106. The van der Waals surface area contributed by atoms with E-state index in [1.807, 2.05) is 0 Å². The third-order valence-electron chi connectivity index (χ3n) is 21.4. The number of phosphoric acid groups is 2. The minimum atomic E-state index is -4.97. The normalized spacial score (nSPS) is 14.0. The zero-order chi connectivity index (χ0) is 79.0. The molecule has 0 saturated heterocycles. The SMILES string of the molecule is CCCCCCCCCCCCCCCCCCCCCCCCC(=O)O[C@H](COC(=O)CCCCCCCCCCCCCCCCCCCCC)COP(=O)(O)OC[C@@H](O)COP(=O)(O)OC[C@@H](COC(=O)CCCCCCCCC(C)CC)OC(=O)CCCCCCCCCCCCCCCCCCC. The zero-order valence-electron chi connectivity index (χ0n) is 71.0. The van der Waals surface area contributed by atoms with Crippen LogP contribution in [0.15, 0.2) is 0 Å². The van der Waals surface area contributed by atoms with Crippen molar-refractivity contribution in [1.29, 1.82) is 0 Å². The van der Waals surface area contributed by atoms with E-state index in [9.17, 15) is 43.2 Å². The maximum Gasteiger partial charge on any atom is 0.472 e. The lowest BCUT2D eigenvalue weighted by Gasteiger charge is -2.21. The Morgan fingerprint density at radius 3 is 0.657 bits per heavy atom. The molecule has 0 bridgehead atoms. The van der Waals surface area contributed by atoms with Crippen molar-refractivity contribution in [2.24, 2.45) is 5.92 Å². The van der Waals surface area contributed by atoms with E-state index < -0.39 is 97.5 Å². The molecule has 3 unspecified atom stereocenters. The summed E-state index contributed by atoms with van der Waals surface area (Å²) in [6.45, 7) is 7.34. The first-order valence-corrected chi connectivity index (χ1v) is 49.2. The first-order valence-electron chi connectivity index (χ1n) is 46.2. The van der Waals surface area contributed by atoms with Gasteiger partial charge in [-0.3, -0.25) is 37.3 Å². The predicted octanol–water partition coefficient (Wildman–Crippen LogP) is 27.5. The molecule has 0 amide bonds. The average Bonchev–Trinajstić information content (AvgIpc) is 0.899. The highest BCUT2D eigenvalue weighted by molar-refractivity contribution is 7.47. The lowest BCUT2D eigenvalue weighted by Crippen LogP contribution is -2.30. The van der Waals surface area contributed by atoms with E-state index in [2.05, 4.69) is 34.6 Å². The number of rotatable bonds is 89. The van der Waals surface area contributed by atoms with Gasteiger partial charge < -0.3 is 33.8 Å². The van der Waals surface area contributed by atoms with Crippen LogP contribution in [0.25, 0.3) is 0 Å². The molecular formula is C89H174O17P2. The van der Waals surface area contributed by atoms with Crippen molar-refractivity contribution in [2.45, 2.75) is 502 Å². The van der Waals surface area contributed by atoms with E-state index in [1.165, 1.54) is 302 Å². The van der Waals surface area contributed by atoms with Crippen molar-refractivity contribution < 1.29 is 80.2 Å². The molecule has 0 saturated carbocycles. The second-order valence-electron chi connectivity index (χ2n) is 32.2. The summed E-state index contributed by atoms with van der Waals surface area (Å²) in [5.74, 6) is -1.37. The van der Waals surface area contributed by atoms with E-state index in [0.29, 0.717) is 25.7 Å². The van der Waals surface area contributed by atoms with Crippen molar-refractivity contribution >= 4 is 39.5 Å². The molecular weight excluding hydrogens is 1400 g/mol. The maximum atomic E-state index is 13.2. The van der Waals surface area contributed by atoms with Gasteiger partial charge in [-0.05, 0) is 31.6 Å². The number of esters is 4. The van der Waals surface area contributed by atoms with Crippen LogP contribution in [-0.2, 0) is 65.4 Å². The van der Waals surface area contributed by atoms with E-state index in [1.54, 1.807) is 0 Å². The molecule has 0 rings (SSSR count). The molecule has 0 heterocycles. The Bertz CT molecular complexity index is 2050. The summed E-state index contributed by atoms with van der Waals surface area (Å²) < 4.78 is 69.0. The monoisotopic (exact) mass is 1580 g/mol. The van der Waals surface area contributed by atoms with Crippen LogP contribution in [0.4, 0.5) is 0 Å². The molecule has 0 aliphatic carbocycles. The Morgan fingerprint density at radius 1 is 0.259 bits per heavy atom. The summed E-state index contributed by atoms with van der Waals surface area (Å²) >= 11 is 0. The maximum absolute atomic E-state index is 13.2. The van der Waals surface area contributed by atoms with Crippen LogP contribution in [-0.4, -0.2) is 96.7 Å². The Kier molecular flexibility index (Phi) is 80.2. The molecule has 0 aliphatic heterocycles. The predicted molar refractivity (Wildman–Crippen MR) is 446 cm³/mol. The van der Waals surface area contributed by atoms with E-state index >= 15 is 0 Å². The molecule has 0 fully saturated rings. The number of aliphatic hydroxyl groups excluding tert-OH is 1. The molecule has 108 heavy (non-hydrogen) atoms. The van der Waals surface area contributed by atoms with Gasteiger partial charge in [0.1, 0.15) is 19.3 Å². The smallest absolute Gasteiger partial charge is 0.462 e. The molecule has 0 radical (unpaired) electrons. The highest BCUT2D eigenvalue weighted by Gasteiger charge is 2.31. The first-order chi connectivity index (χ1) is 52.6. The van der Waals surface area contributed by atoms with Gasteiger partial charge >= 0.3 is 39.5 Å². The molecule has 0 aliphatic rings. The summed E-state index contributed by atoms with van der Waals surface area (Å²) in [4.78, 5) is 73.3. The molecule has 0 aromatic carbocycles. The Balaban J connectivity index is 5.22. The number of hydrogen-bond acceptors (Lipinski definition) is 15. The number of carbonyl (C=O) groups is 4. The number of ether oxygens (including phenoxy) is 4. The Labute approximate surface area is 664 Å². The summed E-state index contributed by atoms with van der Waals surface area (Å²) in [5.41, 5.74) is 0. The van der Waals surface area contributed by atoms with Crippen LogP contribution in [0, 0.1) is 5.92 Å². The molecule has 0 aromatic rings. The summed E-state index contributed by atoms with van der Waals surface area (Å²) in [7, 11) is -9.93. The van der Waals surface area contributed by atoms with Gasteiger partial charge in [0.05, 0.1) is 26.4 Å². The van der Waals surface area contributed by atoms with Crippen molar-refractivity contribution in [3.8, 4) is 0 Å². The largest absolute Gasteiger partial charge is 0.472 e. The van der Waals surface area contributed by atoms with Gasteiger partial charge in [-0.1, -0.05) is 433 Å². The van der Waals surface area contributed by atoms with E-state index in [0.717, 1.165) is 102 Å². The quantitative estimate of drug-likeness (QED) is 0.0222. The summed E-state index contributed by atoms with van der Waals surface area (Å²) in [6, 6.07) is 0. The van der Waals surface area contributed by atoms with Gasteiger partial charge in [0, 0.05) is 25.7 Å². The van der Waals surface area contributed by atoms with Gasteiger partial charge in [-0.15, -0.1) is 0 Å². The highest BCUT2D eigenvalue weighted by atomic mass is 31.2. The third-order valence-corrected chi connectivity index (χ3v) is 23.3. The van der Waals surface area contributed by atoms with E-state index in [-0.39, 0.29) is 25.7 Å². The number of unbranched alkanes of at least 4 members (excludes halogenated alkanes) is 60. The lowest BCUT2D eigenvalue weighted by atomic mass is 10.00.